The lowest BCUT2D eigenvalue weighted by Gasteiger charge is -2.26. The first-order chi connectivity index (χ1) is 13.1. The number of piperidine rings is 1. The predicted molar refractivity (Wildman–Crippen MR) is 105 cm³/mol. The van der Waals surface area contributed by atoms with Crippen molar-refractivity contribution in [3.8, 4) is 0 Å². The largest absolute Gasteiger partial charge is 0.352 e. The Balaban J connectivity index is 1.50. The zero-order valence-corrected chi connectivity index (χ0v) is 15.9. The molecule has 0 saturated carbocycles. The van der Waals surface area contributed by atoms with Gasteiger partial charge in [0.2, 0.25) is 5.91 Å². The Kier molecular flexibility index (Phi) is 6.58. The highest BCUT2D eigenvalue weighted by atomic mass is 16.2. The first kappa shape index (κ1) is 19.1. The van der Waals surface area contributed by atoms with Crippen LogP contribution in [0.2, 0.25) is 0 Å². The maximum Gasteiger partial charge on any atom is 0.253 e. The molecular weight excluding hydrogens is 338 g/mol. The minimum atomic E-state index is 0.00395. The van der Waals surface area contributed by atoms with Gasteiger partial charge in [0.1, 0.15) is 0 Å². The van der Waals surface area contributed by atoms with Crippen molar-refractivity contribution in [3.63, 3.8) is 0 Å². The fourth-order valence-corrected chi connectivity index (χ4v) is 3.40. The van der Waals surface area contributed by atoms with Crippen LogP contribution in [0.15, 0.2) is 42.7 Å². The standard InChI is InChI=1S/C22H27N3O2/c1-17-12-19(15-23-14-17)8-9-21(26)24-16-18-6-5-7-20(13-18)22(27)25-10-3-2-4-11-25/h5-7,12-15H,2-4,8-11,16H2,1H3,(H,24,26). The molecule has 2 amide bonds. The van der Waals surface area contributed by atoms with Gasteiger partial charge in [0.15, 0.2) is 0 Å². The summed E-state index contributed by atoms with van der Waals surface area (Å²) >= 11 is 0. The summed E-state index contributed by atoms with van der Waals surface area (Å²) in [6, 6.07) is 9.62. The number of carbonyl (C=O) groups is 2. The van der Waals surface area contributed by atoms with Crippen molar-refractivity contribution in [2.24, 2.45) is 0 Å². The highest BCUT2D eigenvalue weighted by molar-refractivity contribution is 5.94. The molecule has 1 aromatic carbocycles. The van der Waals surface area contributed by atoms with Crippen LogP contribution < -0.4 is 5.32 Å². The second-order valence-corrected chi connectivity index (χ2v) is 7.20. The second kappa shape index (κ2) is 9.31. The molecule has 1 N–H and O–H groups in total. The van der Waals surface area contributed by atoms with Crippen LogP contribution in [-0.4, -0.2) is 34.8 Å². The summed E-state index contributed by atoms with van der Waals surface area (Å²) in [7, 11) is 0. The van der Waals surface area contributed by atoms with Crippen LogP contribution in [-0.2, 0) is 17.8 Å². The maximum absolute atomic E-state index is 12.6. The van der Waals surface area contributed by atoms with E-state index >= 15 is 0 Å². The number of amides is 2. The second-order valence-electron chi connectivity index (χ2n) is 7.20. The Morgan fingerprint density at radius 1 is 1.07 bits per heavy atom. The van der Waals surface area contributed by atoms with Crippen molar-refractivity contribution < 1.29 is 9.59 Å². The molecule has 1 saturated heterocycles. The molecule has 0 atom stereocenters. The summed E-state index contributed by atoms with van der Waals surface area (Å²) in [6.07, 6.45) is 8.08. The number of rotatable bonds is 6. The van der Waals surface area contributed by atoms with Crippen LogP contribution in [0, 0.1) is 6.92 Å². The molecule has 0 radical (unpaired) electrons. The van der Waals surface area contributed by atoms with Gasteiger partial charge in [0.05, 0.1) is 0 Å². The fourth-order valence-electron chi connectivity index (χ4n) is 3.40. The first-order valence-corrected chi connectivity index (χ1v) is 9.67. The SMILES string of the molecule is Cc1cncc(CCC(=O)NCc2cccc(C(=O)N3CCCCC3)c2)c1. The summed E-state index contributed by atoms with van der Waals surface area (Å²) in [5, 5.41) is 2.95. The summed E-state index contributed by atoms with van der Waals surface area (Å²) in [5.41, 5.74) is 3.82. The Hall–Kier alpha value is -2.69. The van der Waals surface area contributed by atoms with Gasteiger partial charge < -0.3 is 10.2 Å². The van der Waals surface area contributed by atoms with E-state index in [4.69, 9.17) is 0 Å². The van der Waals surface area contributed by atoms with Gasteiger partial charge in [-0.2, -0.15) is 0 Å². The van der Waals surface area contributed by atoms with Crippen LogP contribution in [0.4, 0.5) is 0 Å². The van der Waals surface area contributed by atoms with Gasteiger partial charge >= 0.3 is 0 Å². The van der Waals surface area contributed by atoms with E-state index in [0.717, 1.165) is 42.6 Å². The van der Waals surface area contributed by atoms with Crippen LogP contribution in [0.25, 0.3) is 0 Å². The van der Waals surface area contributed by atoms with Crippen molar-refractivity contribution in [3.05, 3.63) is 65.0 Å². The molecule has 1 aliphatic heterocycles. The van der Waals surface area contributed by atoms with Gasteiger partial charge in [-0.1, -0.05) is 18.2 Å². The molecule has 1 aliphatic rings. The molecule has 2 heterocycles. The highest BCUT2D eigenvalue weighted by Gasteiger charge is 2.18. The van der Waals surface area contributed by atoms with E-state index in [1.54, 1.807) is 6.20 Å². The monoisotopic (exact) mass is 365 g/mol. The number of carbonyl (C=O) groups excluding carboxylic acids is 2. The number of benzene rings is 1. The van der Waals surface area contributed by atoms with E-state index < -0.39 is 0 Å². The summed E-state index contributed by atoms with van der Waals surface area (Å²) < 4.78 is 0. The van der Waals surface area contributed by atoms with Gasteiger partial charge in [-0.25, -0.2) is 0 Å². The lowest BCUT2D eigenvalue weighted by molar-refractivity contribution is -0.121. The number of nitrogens with zero attached hydrogens (tertiary/aromatic N) is 2. The van der Waals surface area contributed by atoms with E-state index in [1.807, 2.05) is 42.3 Å². The third-order valence-electron chi connectivity index (χ3n) is 4.88. The van der Waals surface area contributed by atoms with Gasteiger partial charge in [-0.3, -0.25) is 14.6 Å². The summed E-state index contributed by atoms with van der Waals surface area (Å²) in [4.78, 5) is 30.8. The minimum absolute atomic E-state index is 0.00395. The number of pyridine rings is 1. The molecular formula is C22H27N3O2. The molecule has 5 nitrogen and oxygen atoms in total. The van der Waals surface area contributed by atoms with E-state index in [-0.39, 0.29) is 11.8 Å². The number of aryl methyl sites for hydroxylation is 2. The van der Waals surface area contributed by atoms with Gasteiger partial charge in [0.25, 0.3) is 5.91 Å². The Labute approximate surface area is 160 Å². The first-order valence-electron chi connectivity index (χ1n) is 9.67. The third kappa shape index (κ3) is 5.64. The van der Waals surface area contributed by atoms with Crippen molar-refractivity contribution in [2.45, 2.75) is 45.6 Å². The third-order valence-corrected chi connectivity index (χ3v) is 4.88. The number of nitrogens with one attached hydrogen (secondary N) is 1. The van der Waals surface area contributed by atoms with Crippen LogP contribution in [0.5, 0.6) is 0 Å². The van der Waals surface area contributed by atoms with Crippen LogP contribution in [0.1, 0.15) is 52.7 Å². The highest BCUT2D eigenvalue weighted by Crippen LogP contribution is 2.14. The molecule has 0 aliphatic carbocycles. The molecule has 0 spiro atoms. The summed E-state index contributed by atoms with van der Waals surface area (Å²) in [6.45, 7) is 4.11. The quantitative estimate of drug-likeness (QED) is 0.855. The number of hydrogen-bond donors (Lipinski definition) is 1. The van der Waals surface area contributed by atoms with Crippen molar-refractivity contribution in [2.75, 3.05) is 13.1 Å². The molecule has 2 aromatic rings. The average molecular weight is 365 g/mol. The van der Waals surface area contributed by atoms with Gasteiger partial charge in [0, 0.05) is 44.0 Å². The topological polar surface area (TPSA) is 62.3 Å². The van der Waals surface area contributed by atoms with E-state index in [9.17, 15) is 9.59 Å². The van der Waals surface area contributed by atoms with Crippen molar-refractivity contribution >= 4 is 11.8 Å². The van der Waals surface area contributed by atoms with E-state index in [2.05, 4.69) is 16.4 Å². The van der Waals surface area contributed by atoms with Gasteiger partial charge in [-0.15, -0.1) is 0 Å². The van der Waals surface area contributed by atoms with Crippen molar-refractivity contribution in [1.29, 1.82) is 0 Å². The van der Waals surface area contributed by atoms with Crippen LogP contribution in [0.3, 0.4) is 0 Å². The number of hydrogen-bond acceptors (Lipinski definition) is 3. The zero-order valence-electron chi connectivity index (χ0n) is 15.9. The maximum atomic E-state index is 12.6. The Morgan fingerprint density at radius 3 is 2.67 bits per heavy atom. The summed E-state index contributed by atoms with van der Waals surface area (Å²) in [5.74, 6) is 0.0964. The molecule has 5 heteroatoms. The lowest BCUT2D eigenvalue weighted by Crippen LogP contribution is -2.35. The fraction of sp³-hybridized carbons (Fsp3) is 0.409. The molecule has 1 aromatic heterocycles. The Morgan fingerprint density at radius 2 is 1.89 bits per heavy atom. The molecule has 1 fully saturated rings. The van der Waals surface area contributed by atoms with E-state index in [1.165, 1.54) is 6.42 Å². The molecule has 27 heavy (non-hydrogen) atoms. The normalized spacial score (nSPS) is 14.0. The molecule has 142 valence electrons. The molecule has 0 unspecified atom stereocenters. The smallest absolute Gasteiger partial charge is 0.253 e. The number of aromatic nitrogens is 1. The van der Waals surface area contributed by atoms with Crippen LogP contribution >= 0.6 is 0 Å². The Bertz CT molecular complexity index is 798. The van der Waals surface area contributed by atoms with E-state index in [0.29, 0.717) is 24.9 Å². The zero-order chi connectivity index (χ0) is 19.1. The predicted octanol–water partition coefficient (Wildman–Crippen LogP) is 3.27. The van der Waals surface area contributed by atoms with Gasteiger partial charge in [-0.05, 0) is 61.4 Å². The molecule has 3 rings (SSSR count). The minimum Gasteiger partial charge on any atom is -0.352 e. The number of likely N-dealkylation sites (tertiary alicyclic amines) is 1. The molecule has 0 bridgehead atoms. The lowest BCUT2D eigenvalue weighted by atomic mass is 10.1. The average Bonchev–Trinajstić information content (AvgIpc) is 2.71. The van der Waals surface area contributed by atoms with Crippen molar-refractivity contribution in [1.82, 2.24) is 15.2 Å².